The van der Waals surface area contributed by atoms with E-state index in [4.69, 9.17) is 9.84 Å². The summed E-state index contributed by atoms with van der Waals surface area (Å²) in [6.07, 6.45) is 0.215. The topological polar surface area (TPSA) is 70.1 Å². The number of ether oxygens (including phenoxy) is 1. The molecule has 1 amide bonds. The van der Waals surface area contributed by atoms with Gasteiger partial charge in [-0.05, 0) is 24.7 Å². The standard InChI is InChI=1S/C16H21BrN2O4/c1-18(11-16(21)22)9-14-10-19(6-7-23-14)15(20)8-12-2-4-13(17)5-3-12/h2-5,14H,6-11H2,1H3,(H,21,22). The molecular formula is C16H21BrN2O4. The zero-order chi connectivity index (χ0) is 16.8. The van der Waals surface area contributed by atoms with Gasteiger partial charge in [-0.3, -0.25) is 14.5 Å². The first-order chi connectivity index (χ1) is 10.9. The quantitative estimate of drug-likeness (QED) is 0.798. The van der Waals surface area contributed by atoms with Crippen molar-refractivity contribution in [3.05, 3.63) is 34.3 Å². The molecule has 1 atom stereocenters. The molecule has 1 aromatic rings. The predicted molar refractivity (Wildman–Crippen MR) is 89.3 cm³/mol. The number of halogens is 1. The van der Waals surface area contributed by atoms with Gasteiger partial charge in [0.1, 0.15) is 0 Å². The first-order valence-corrected chi connectivity index (χ1v) is 8.27. The second-order valence-electron chi connectivity index (χ2n) is 5.73. The molecule has 1 aliphatic heterocycles. The normalized spacial score (nSPS) is 18.2. The summed E-state index contributed by atoms with van der Waals surface area (Å²) in [5.74, 6) is -0.798. The van der Waals surface area contributed by atoms with Gasteiger partial charge in [-0.25, -0.2) is 0 Å². The van der Waals surface area contributed by atoms with Crippen molar-refractivity contribution in [2.75, 3.05) is 39.8 Å². The van der Waals surface area contributed by atoms with Crippen LogP contribution in [-0.4, -0.2) is 72.7 Å². The van der Waals surface area contributed by atoms with Gasteiger partial charge in [0.05, 0.1) is 25.7 Å². The summed E-state index contributed by atoms with van der Waals surface area (Å²) in [6, 6.07) is 7.71. The number of aliphatic carboxylic acids is 1. The SMILES string of the molecule is CN(CC(=O)O)CC1CN(C(=O)Cc2ccc(Br)cc2)CCO1. The molecule has 126 valence electrons. The molecule has 1 heterocycles. The minimum Gasteiger partial charge on any atom is -0.480 e. The van der Waals surface area contributed by atoms with Crippen LogP contribution >= 0.6 is 15.9 Å². The average Bonchev–Trinajstić information content (AvgIpc) is 2.49. The number of morpholine rings is 1. The van der Waals surface area contributed by atoms with Gasteiger partial charge < -0.3 is 14.7 Å². The lowest BCUT2D eigenvalue weighted by Crippen LogP contribution is -2.50. The maximum absolute atomic E-state index is 12.4. The lowest BCUT2D eigenvalue weighted by Gasteiger charge is -2.34. The molecular weight excluding hydrogens is 364 g/mol. The summed E-state index contributed by atoms with van der Waals surface area (Å²) in [5, 5.41) is 8.79. The summed E-state index contributed by atoms with van der Waals surface area (Å²) in [7, 11) is 1.74. The van der Waals surface area contributed by atoms with Crippen LogP contribution in [0.15, 0.2) is 28.7 Å². The minimum absolute atomic E-state index is 0.0350. The van der Waals surface area contributed by atoms with Crippen LogP contribution in [0.5, 0.6) is 0 Å². The second-order valence-corrected chi connectivity index (χ2v) is 6.64. The fourth-order valence-electron chi connectivity index (χ4n) is 2.59. The van der Waals surface area contributed by atoms with Crippen LogP contribution in [0, 0.1) is 0 Å². The van der Waals surface area contributed by atoms with E-state index >= 15 is 0 Å². The number of rotatable bonds is 6. The molecule has 1 N–H and O–H groups in total. The number of carbonyl (C=O) groups excluding carboxylic acids is 1. The third-order valence-electron chi connectivity index (χ3n) is 3.68. The lowest BCUT2D eigenvalue weighted by molar-refractivity contribution is -0.142. The second kappa shape index (κ2) is 8.42. The van der Waals surface area contributed by atoms with Crippen molar-refractivity contribution in [2.45, 2.75) is 12.5 Å². The Morgan fingerprint density at radius 3 is 2.74 bits per heavy atom. The van der Waals surface area contributed by atoms with Gasteiger partial charge >= 0.3 is 5.97 Å². The number of nitrogens with zero attached hydrogens (tertiary/aromatic N) is 2. The fraction of sp³-hybridized carbons (Fsp3) is 0.500. The monoisotopic (exact) mass is 384 g/mol. The van der Waals surface area contributed by atoms with Crippen molar-refractivity contribution in [2.24, 2.45) is 0 Å². The molecule has 1 aliphatic rings. The molecule has 0 spiro atoms. The highest BCUT2D eigenvalue weighted by Crippen LogP contribution is 2.13. The number of carboxylic acid groups (broad SMARTS) is 1. The molecule has 0 aromatic heterocycles. The molecule has 0 radical (unpaired) electrons. The van der Waals surface area contributed by atoms with E-state index in [0.717, 1.165) is 10.0 Å². The zero-order valence-electron chi connectivity index (χ0n) is 13.1. The molecule has 0 bridgehead atoms. The third-order valence-corrected chi connectivity index (χ3v) is 4.21. The predicted octanol–water partition coefficient (Wildman–Crippen LogP) is 1.24. The van der Waals surface area contributed by atoms with Crippen molar-refractivity contribution in [1.29, 1.82) is 0 Å². The molecule has 1 aromatic carbocycles. The Morgan fingerprint density at radius 1 is 1.39 bits per heavy atom. The zero-order valence-corrected chi connectivity index (χ0v) is 14.7. The van der Waals surface area contributed by atoms with Crippen molar-refractivity contribution >= 4 is 27.8 Å². The Morgan fingerprint density at radius 2 is 2.09 bits per heavy atom. The number of amides is 1. The van der Waals surface area contributed by atoms with Crippen molar-refractivity contribution in [1.82, 2.24) is 9.80 Å². The minimum atomic E-state index is -0.869. The van der Waals surface area contributed by atoms with E-state index in [1.807, 2.05) is 24.3 Å². The fourth-order valence-corrected chi connectivity index (χ4v) is 2.85. The molecule has 1 fully saturated rings. The van der Waals surface area contributed by atoms with E-state index in [1.54, 1.807) is 16.8 Å². The maximum atomic E-state index is 12.4. The molecule has 6 nitrogen and oxygen atoms in total. The smallest absolute Gasteiger partial charge is 0.317 e. The highest BCUT2D eigenvalue weighted by Gasteiger charge is 2.25. The Labute approximate surface area is 144 Å². The Balaban J connectivity index is 1.86. The summed E-state index contributed by atoms with van der Waals surface area (Å²) < 4.78 is 6.63. The number of hydrogen-bond acceptors (Lipinski definition) is 4. The van der Waals surface area contributed by atoms with Crippen LogP contribution < -0.4 is 0 Å². The van der Waals surface area contributed by atoms with E-state index in [9.17, 15) is 9.59 Å². The Kier molecular flexibility index (Phi) is 6.56. The lowest BCUT2D eigenvalue weighted by atomic mass is 10.1. The summed E-state index contributed by atoms with van der Waals surface area (Å²) in [5.41, 5.74) is 0.976. The molecule has 0 saturated carbocycles. The highest BCUT2D eigenvalue weighted by molar-refractivity contribution is 9.10. The summed E-state index contributed by atoms with van der Waals surface area (Å²) >= 11 is 3.38. The van der Waals surface area contributed by atoms with Crippen LogP contribution in [0.4, 0.5) is 0 Å². The van der Waals surface area contributed by atoms with E-state index in [1.165, 1.54) is 0 Å². The van der Waals surface area contributed by atoms with Crippen LogP contribution in [0.25, 0.3) is 0 Å². The molecule has 23 heavy (non-hydrogen) atoms. The van der Waals surface area contributed by atoms with Gasteiger partial charge in [0, 0.05) is 24.1 Å². The van der Waals surface area contributed by atoms with E-state index in [0.29, 0.717) is 32.7 Å². The largest absolute Gasteiger partial charge is 0.480 e. The van der Waals surface area contributed by atoms with Gasteiger partial charge in [-0.2, -0.15) is 0 Å². The maximum Gasteiger partial charge on any atom is 0.317 e. The van der Waals surface area contributed by atoms with Crippen LogP contribution in [0.2, 0.25) is 0 Å². The van der Waals surface area contributed by atoms with Crippen molar-refractivity contribution < 1.29 is 19.4 Å². The first-order valence-electron chi connectivity index (χ1n) is 7.48. The van der Waals surface area contributed by atoms with Gasteiger partial charge in [0.15, 0.2) is 0 Å². The molecule has 7 heteroatoms. The summed E-state index contributed by atoms with van der Waals surface area (Å²) in [4.78, 5) is 26.6. The van der Waals surface area contributed by atoms with Crippen LogP contribution in [-0.2, 0) is 20.7 Å². The Hall–Kier alpha value is -1.44. The van der Waals surface area contributed by atoms with Gasteiger partial charge in [0.2, 0.25) is 5.91 Å². The highest BCUT2D eigenvalue weighted by atomic mass is 79.9. The third kappa shape index (κ3) is 5.93. The number of hydrogen-bond donors (Lipinski definition) is 1. The van der Waals surface area contributed by atoms with E-state index < -0.39 is 5.97 Å². The molecule has 2 rings (SSSR count). The number of carbonyl (C=O) groups is 2. The number of likely N-dealkylation sites (N-methyl/N-ethyl adjacent to an activating group) is 1. The Bertz CT molecular complexity index is 550. The number of benzene rings is 1. The van der Waals surface area contributed by atoms with Gasteiger partial charge in [-0.15, -0.1) is 0 Å². The molecule has 1 unspecified atom stereocenters. The van der Waals surface area contributed by atoms with E-state index in [2.05, 4.69) is 15.9 Å². The number of carboxylic acids is 1. The summed E-state index contributed by atoms with van der Waals surface area (Å²) in [6.45, 7) is 2.02. The van der Waals surface area contributed by atoms with Crippen LogP contribution in [0.1, 0.15) is 5.56 Å². The van der Waals surface area contributed by atoms with Crippen molar-refractivity contribution in [3.63, 3.8) is 0 Å². The van der Waals surface area contributed by atoms with Gasteiger partial charge in [0.25, 0.3) is 0 Å². The van der Waals surface area contributed by atoms with Gasteiger partial charge in [-0.1, -0.05) is 28.1 Å². The van der Waals surface area contributed by atoms with Crippen molar-refractivity contribution in [3.8, 4) is 0 Å². The molecule has 1 saturated heterocycles. The van der Waals surface area contributed by atoms with Crippen LogP contribution in [0.3, 0.4) is 0 Å². The first kappa shape index (κ1) is 17.9. The molecule has 0 aliphatic carbocycles. The van der Waals surface area contributed by atoms with E-state index in [-0.39, 0.29) is 18.6 Å². The average molecular weight is 385 g/mol.